The molecule has 1 aliphatic heterocycles. The lowest BCUT2D eigenvalue weighted by Crippen LogP contribution is -2.47. The van der Waals surface area contributed by atoms with Gasteiger partial charge in [-0.15, -0.1) is 0 Å². The first-order valence-electron chi connectivity index (χ1n) is 7.27. The first kappa shape index (κ1) is 12.7. The van der Waals surface area contributed by atoms with Crippen molar-refractivity contribution in [2.45, 2.75) is 44.2 Å². The predicted molar refractivity (Wildman–Crippen MR) is 72.9 cm³/mol. The number of aromatic nitrogens is 2. The minimum atomic E-state index is 0.0855. The van der Waals surface area contributed by atoms with Crippen molar-refractivity contribution >= 4 is 5.91 Å². The molecule has 1 atom stereocenters. The van der Waals surface area contributed by atoms with Crippen LogP contribution in [0.2, 0.25) is 0 Å². The van der Waals surface area contributed by atoms with E-state index in [0.717, 1.165) is 25.9 Å². The van der Waals surface area contributed by atoms with Crippen LogP contribution in [0.4, 0.5) is 0 Å². The SMILES string of the molecule is Cn1ccnc1C(=O)N(CC1CCCCN1)C1CC1. The monoisotopic (exact) mass is 262 g/mol. The van der Waals surface area contributed by atoms with Gasteiger partial charge in [0.1, 0.15) is 0 Å². The Labute approximate surface area is 114 Å². The van der Waals surface area contributed by atoms with Crippen LogP contribution in [0.25, 0.3) is 0 Å². The Morgan fingerprint density at radius 2 is 2.32 bits per heavy atom. The molecule has 2 fully saturated rings. The fraction of sp³-hybridized carbons (Fsp3) is 0.714. The average Bonchev–Trinajstić information content (AvgIpc) is 3.18. The zero-order chi connectivity index (χ0) is 13.2. The summed E-state index contributed by atoms with van der Waals surface area (Å²) in [5, 5.41) is 3.53. The standard InChI is InChI=1S/C14H22N4O/c1-17-9-8-16-13(17)14(19)18(12-5-6-12)10-11-4-2-3-7-15-11/h8-9,11-12,15H,2-7,10H2,1H3. The van der Waals surface area contributed by atoms with Gasteiger partial charge < -0.3 is 14.8 Å². The van der Waals surface area contributed by atoms with Crippen LogP contribution in [0.1, 0.15) is 42.7 Å². The molecule has 1 saturated carbocycles. The summed E-state index contributed by atoms with van der Waals surface area (Å²) in [5.41, 5.74) is 0. The lowest BCUT2D eigenvalue weighted by Gasteiger charge is -2.30. The van der Waals surface area contributed by atoms with Crippen molar-refractivity contribution in [2.75, 3.05) is 13.1 Å². The minimum absolute atomic E-state index is 0.0855. The number of aryl methyl sites for hydroxylation is 1. The van der Waals surface area contributed by atoms with Gasteiger partial charge in [-0.25, -0.2) is 4.98 Å². The summed E-state index contributed by atoms with van der Waals surface area (Å²) in [6.07, 6.45) is 9.51. The van der Waals surface area contributed by atoms with Crippen molar-refractivity contribution in [1.29, 1.82) is 0 Å². The van der Waals surface area contributed by atoms with Crippen LogP contribution >= 0.6 is 0 Å². The number of carbonyl (C=O) groups is 1. The fourth-order valence-corrected chi connectivity index (χ4v) is 2.80. The molecule has 0 bridgehead atoms. The number of hydrogen-bond donors (Lipinski definition) is 1. The molecule has 1 aromatic heterocycles. The highest BCUT2D eigenvalue weighted by molar-refractivity contribution is 5.91. The largest absolute Gasteiger partial charge is 0.331 e. The Balaban J connectivity index is 1.70. The van der Waals surface area contributed by atoms with Crippen LogP contribution < -0.4 is 5.32 Å². The van der Waals surface area contributed by atoms with Gasteiger partial charge in [-0.05, 0) is 32.2 Å². The molecule has 0 aromatic carbocycles. The molecule has 1 aromatic rings. The number of carbonyl (C=O) groups excluding carboxylic acids is 1. The Bertz CT molecular complexity index is 446. The maximum absolute atomic E-state index is 12.6. The van der Waals surface area contributed by atoms with Crippen molar-refractivity contribution in [3.63, 3.8) is 0 Å². The summed E-state index contributed by atoms with van der Waals surface area (Å²) >= 11 is 0. The number of piperidine rings is 1. The second-order valence-electron chi connectivity index (χ2n) is 5.70. The van der Waals surface area contributed by atoms with Crippen LogP contribution in [0, 0.1) is 0 Å². The van der Waals surface area contributed by atoms with Gasteiger partial charge in [0.2, 0.25) is 0 Å². The maximum atomic E-state index is 12.6. The third-order valence-electron chi connectivity index (χ3n) is 4.09. The number of nitrogens with one attached hydrogen (secondary N) is 1. The van der Waals surface area contributed by atoms with Gasteiger partial charge in [0.15, 0.2) is 5.82 Å². The van der Waals surface area contributed by atoms with E-state index in [0.29, 0.717) is 17.9 Å². The molecule has 0 radical (unpaired) electrons. The van der Waals surface area contributed by atoms with E-state index in [1.165, 1.54) is 19.3 Å². The number of rotatable bonds is 4. The van der Waals surface area contributed by atoms with Gasteiger partial charge in [-0.3, -0.25) is 4.79 Å². The molecule has 1 amide bonds. The summed E-state index contributed by atoms with van der Waals surface area (Å²) in [5.74, 6) is 0.644. The lowest BCUT2D eigenvalue weighted by molar-refractivity contribution is 0.0702. The van der Waals surface area contributed by atoms with E-state index < -0.39 is 0 Å². The third-order valence-corrected chi connectivity index (χ3v) is 4.09. The highest BCUT2D eigenvalue weighted by atomic mass is 16.2. The van der Waals surface area contributed by atoms with E-state index in [2.05, 4.69) is 10.3 Å². The van der Waals surface area contributed by atoms with Gasteiger partial charge in [-0.1, -0.05) is 6.42 Å². The Morgan fingerprint density at radius 3 is 2.89 bits per heavy atom. The molecule has 5 heteroatoms. The van der Waals surface area contributed by atoms with Crippen LogP contribution in [-0.2, 0) is 7.05 Å². The molecule has 1 N–H and O–H groups in total. The Kier molecular flexibility index (Phi) is 3.55. The second kappa shape index (κ2) is 5.33. The predicted octanol–water partition coefficient (Wildman–Crippen LogP) is 1.17. The number of nitrogens with zero attached hydrogens (tertiary/aromatic N) is 3. The third kappa shape index (κ3) is 2.81. The molecule has 1 saturated heterocycles. The van der Waals surface area contributed by atoms with Gasteiger partial charge in [0, 0.05) is 38.1 Å². The molecule has 2 heterocycles. The first-order chi connectivity index (χ1) is 9.25. The van der Waals surface area contributed by atoms with E-state index >= 15 is 0 Å². The quantitative estimate of drug-likeness (QED) is 0.886. The summed E-state index contributed by atoms with van der Waals surface area (Å²) in [7, 11) is 1.88. The molecule has 5 nitrogen and oxygen atoms in total. The topological polar surface area (TPSA) is 50.2 Å². The number of hydrogen-bond acceptors (Lipinski definition) is 3. The average molecular weight is 262 g/mol. The van der Waals surface area contributed by atoms with Crippen molar-refractivity contribution in [3.05, 3.63) is 18.2 Å². The molecular formula is C14H22N4O. The van der Waals surface area contributed by atoms with E-state index in [1.807, 2.05) is 22.7 Å². The van der Waals surface area contributed by atoms with E-state index in [1.54, 1.807) is 6.20 Å². The molecule has 1 unspecified atom stereocenters. The summed E-state index contributed by atoms with van der Waals surface area (Å²) in [4.78, 5) is 18.8. The maximum Gasteiger partial charge on any atom is 0.290 e. The van der Waals surface area contributed by atoms with Crippen LogP contribution in [0.3, 0.4) is 0 Å². The fourth-order valence-electron chi connectivity index (χ4n) is 2.80. The van der Waals surface area contributed by atoms with E-state index in [4.69, 9.17) is 0 Å². The van der Waals surface area contributed by atoms with Crippen LogP contribution in [-0.4, -0.2) is 45.5 Å². The normalized spacial score (nSPS) is 23.3. The Morgan fingerprint density at radius 1 is 1.47 bits per heavy atom. The summed E-state index contributed by atoms with van der Waals surface area (Å²) in [6, 6.07) is 0.895. The minimum Gasteiger partial charge on any atom is -0.331 e. The second-order valence-corrected chi connectivity index (χ2v) is 5.70. The molecular weight excluding hydrogens is 240 g/mol. The van der Waals surface area contributed by atoms with Gasteiger partial charge in [-0.2, -0.15) is 0 Å². The highest BCUT2D eigenvalue weighted by Gasteiger charge is 2.35. The van der Waals surface area contributed by atoms with Crippen LogP contribution in [0.5, 0.6) is 0 Å². The van der Waals surface area contributed by atoms with E-state index in [-0.39, 0.29) is 5.91 Å². The lowest BCUT2D eigenvalue weighted by atomic mass is 10.0. The van der Waals surface area contributed by atoms with Gasteiger partial charge in [0.25, 0.3) is 5.91 Å². The van der Waals surface area contributed by atoms with Crippen molar-refractivity contribution in [3.8, 4) is 0 Å². The highest BCUT2D eigenvalue weighted by Crippen LogP contribution is 2.28. The van der Waals surface area contributed by atoms with Crippen molar-refractivity contribution < 1.29 is 4.79 Å². The molecule has 19 heavy (non-hydrogen) atoms. The summed E-state index contributed by atoms with van der Waals surface area (Å²) < 4.78 is 1.81. The van der Waals surface area contributed by atoms with Crippen molar-refractivity contribution in [2.24, 2.45) is 7.05 Å². The Hall–Kier alpha value is -1.36. The molecule has 1 aliphatic carbocycles. The zero-order valence-corrected chi connectivity index (χ0v) is 11.5. The molecule has 2 aliphatic rings. The van der Waals surface area contributed by atoms with Crippen molar-refractivity contribution in [1.82, 2.24) is 19.8 Å². The van der Waals surface area contributed by atoms with E-state index in [9.17, 15) is 4.79 Å². The first-order valence-corrected chi connectivity index (χ1v) is 7.27. The van der Waals surface area contributed by atoms with Crippen LogP contribution in [0.15, 0.2) is 12.4 Å². The number of imidazole rings is 1. The van der Waals surface area contributed by atoms with Gasteiger partial charge >= 0.3 is 0 Å². The van der Waals surface area contributed by atoms with Gasteiger partial charge in [0.05, 0.1) is 0 Å². The molecule has 3 rings (SSSR count). The number of amides is 1. The molecule has 0 spiro atoms. The summed E-state index contributed by atoms with van der Waals surface area (Å²) in [6.45, 7) is 1.91. The smallest absolute Gasteiger partial charge is 0.290 e. The zero-order valence-electron chi connectivity index (χ0n) is 11.5. The molecule has 104 valence electrons.